The molecule has 8 heavy (non-hydrogen) atoms. The maximum absolute atomic E-state index is 11.5. The molecule has 1 saturated heterocycles. The summed E-state index contributed by atoms with van der Waals surface area (Å²) in [7, 11) is 0.910. The van der Waals surface area contributed by atoms with Crippen molar-refractivity contribution in [3.05, 3.63) is 0 Å². The van der Waals surface area contributed by atoms with Crippen LogP contribution in [0.25, 0.3) is 0 Å². The average Bonchev–Trinajstić information content (AvgIpc) is 2.12. The van der Waals surface area contributed by atoms with Crippen LogP contribution in [0.4, 0.5) is 0 Å². The molecule has 46 valence electrons. The minimum atomic E-state index is -3.24. The summed E-state index contributed by atoms with van der Waals surface area (Å²) in [5, 5.41) is 0. The Morgan fingerprint density at radius 2 is 2.50 bits per heavy atom. The molecule has 2 nitrogen and oxygen atoms in total. The highest BCUT2D eigenvalue weighted by Gasteiger charge is 2.12. The van der Waals surface area contributed by atoms with Crippen LogP contribution in [0.3, 0.4) is 0 Å². The van der Waals surface area contributed by atoms with Crippen LogP contribution < -0.4 is 0 Å². The lowest BCUT2D eigenvalue weighted by molar-refractivity contribution is -0.131. The van der Waals surface area contributed by atoms with Gasteiger partial charge in [-0.15, -0.1) is 0 Å². The number of carbonyl (C=O) groups is 1. The van der Waals surface area contributed by atoms with E-state index in [1.54, 1.807) is 0 Å². The molecule has 0 aromatic heterocycles. The summed E-state index contributed by atoms with van der Waals surface area (Å²) in [5.41, 5.74) is 0. The molecular weight excluding hydrogens is 102 g/mol. The topological polar surface area (TPSA) is 20.3 Å². The first-order valence-electron chi connectivity index (χ1n) is 6.10. The molecule has 0 aliphatic carbocycles. The largest absolute Gasteiger partial charge is 0.346 e. The van der Waals surface area contributed by atoms with Gasteiger partial charge in [-0.2, -0.15) is 0 Å². The van der Waals surface area contributed by atoms with Crippen molar-refractivity contribution in [2.45, 2.75) is 19.1 Å². The molecule has 1 fully saturated rings. The summed E-state index contributed by atoms with van der Waals surface area (Å²) < 4.78 is 58.8. The first-order valence-corrected chi connectivity index (χ1v) is 2.10. The highest BCUT2D eigenvalue weighted by atomic mass is 16.2. The normalized spacial score (nSPS) is 61.6. The molecule has 0 saturated carbocycles. The van der Waals surface area contributed by atoms with E-state index in [2.05, 4.69) is 0 Å². The molecule has 1 aliphatic heterocycles. The van der Waals surface area contributed by atoms with Crippen LogP contribution in [0, 0.1) is 0 Å². The standard InChI is InChI=1S/C6H11NO/c1-7-5-3-2-4-6(7)8/h2-5H2,1H3/i2D2,3D2,4D2,5D2. The van der Waals surface area contributed by atoms with E-state index in [0.29, 0.717) is 0 Å². The van der Waals surface area contributed by atoms with Crippen LogP contribution in [0.2, 0.25) is 0 Å². The van der Waals surface area contributed by atoms with E-state index in [1.165, 1.54) is 0 Å². The van der Waals surface area contributed by atoms with Gasteiger partial charge in [-0.25, -0.2) is 0 Å². The Morgan fingerprint density at radius 3 is 3.25 bits per heavy atom. The van der Waals surface area contributed by atoms with E-state index < -0.39 is 31.5 Å². The molecule has 0 aromatic carbocycles. The van der Waals surface area contributed by atoms with Gasteiger partial charge in [0.2, 0.25) is 5.91 Å². The fourth-order valence-corrected chi connectivity index (χ4v) is 0.331. The molecule has 2 heteroatoms. The SMILES string of the molecule is [2H]C1([2H])C(=O)N(C)C([2H])([2H])C([2H])([2H])C1([2H])[2H]. The number of likely N-dealkylation sites (tertiary alicyclic amines) is 1. The fourth-order valence-electron chi connectivity index (χ4n) is 0.331. The second-order valence-electron chi connectivity index (χ2n) is 1.35. The van der Waals surface area contributed by atoms with E-state index in [4.69, 9.17) is 11.0 Å². The second kappa shape index (κ2) is 2.16. The summed E-state index contributed by atoms with van der Waals surface area (Å²) in [6, 6.07) is 0. The van der Waals surface area contributed by atoms with Crippen molar-refractivity contribution in [2.75, 3.05) is 13.5 Å². The molecule has 0 bridgehead atoms. The summed E-state index contributed by atoms with van der Waals surface area (Å²) in [6.45, 7) is -2.90. The number of hydrogen-bond donors (Lipinski definition) is 0. The Kier molecular flexibility index (Phi) is 0.353. The molecular formula is C6H11NO. The van der Waals surface area contributed by atoms with Crippen LogP contribution in [-0.2, 0) is 4.79 Å². The van der Waals surface area contributed by atoms with Crippen molar-refractivity contribution in [1.29, 1.82) is 0 Å². The number of amides is 1. The minimum absolute atomic E-state index is 0.272. The van der Waals surface area contributed by atoms with Crippen molar-refractivity contribution >= 4 is 5.91 Å². The summed E-state index contributed by atoms with van der Waals surface area (Å²) in [5.74, 6) is -1.40. The summed E-state index contributed by atoms with van der Waals surface area (Å²) >= 11 is 0. The van der Waals surface area contributed by atoms with Gasteiger partial charge in [-0.1, -0.05) is 0 Å². The number of carbonyl (C=O) groups excluding carboxylic acids is 1. The lowest BCUT2D eigenvalue weighted by Crippen LogP contribution is -2.31. The zero-order valence-electron chi connectivity index (χ0n) is 12.4. The van der Waals surface area contributed by atoms with Crippen molar-refractivity contribution in [3.8, 4) is 0 Å². The maximum atomic E-state index is 11.5. The minimum Gasteiger partial charge on any atom is -0.346 e. The van der Waals surface area contributed by atoms with Gasteiger partial charge in [0, 0.05) is 30.9 Å². The van der Waals surface area contributed by atoms with Gasteiger partial charge < -0.3 is 4.90 Å². The van der Waals surface area contributed by atoms with Crippen molar-refractivity contribution in [3.63, 3.8) is 0 Å². The first-order chi connectivity index (χ1) is 6.82. The Bertz CT molecular complexity index is 337. The van der Waals surface area contributed by atoms with Gasteiger partial charge in [-0.3, -0.25) is 4.79 Å². The summed E-state index contributed by atoms with van der Waals surface area (Å²) in [4.78, 5) is 11.7. The third-order valence-corrected chi connectivity index (χ3v) is 0.760. The van der Waals surface area contributed by atoms with E-state index in [0.717, 1.165) is 7.05 Å². The molecule has 0 spiro atoms. The smallest absolute Gasteiger partial charge is 0.222 e. The molecule has 0 N–H and O–H groups in total. The van der Waals surface area contributed by atoms with Gasteiger partial charge in [0.25, 0.3) is 0 Å². The van der Waals surface area contributed by atoms with Crippen molar-refractivity contribution in [1.82, 2.24) is 4.90 Å². The predicted molar refractivity (Wildman–Crippen MR) is 31.5 cm³/mol. The van der Waals surface area contributed by atoms with Crippen LogP contribution in [0.5, 0.6) is 0 Å². The second-order valence-corrected chi connectivity index (χ2v) is 1.35. The molecule has 0 atom stereocenters. The number of hydrogen-bond acceptors (Lipinski definition) is 1. The van der Waals surface area contributed by atoms with Gasteiger partial charge in [0.1, 0.15) is 0 Å². The monoisotopic (exact) mass is 121 g/mol. The molecule has 1 rings (SSSR count). The molecule has 0 unspecified atom stereocenters. The Hall–Kier alpha value is -0.530. The molecule has 0 radical (unpaired) electrons. The molecule has 1 aliphatic rings. The number of rotatable bonds is 0. The lowest BCUT2D eigenvalue weighted by atomic mass is 10.1. The number of nitrogens with zero attached hydrogens (tertiary/aromatic N) is 1. The molecule has 0 aromatic rings. The lowest BCUT2D eigenvalue weighted by Gasteiger charge is -2.21. The van der Waals surface area contributed by atoms with E-state index >= 15 is 0 Å². The average molecular weight is 121 g/mol. The maximum Gasteiger partial charge on any atom is 0.222 e. The van der Waals surface area contributed by atoms with Crippen molar-refractivity contribution < 1.29 is 15.8 Å². The van der Waals surface area contributed by atoms with Crippen LogP contribution >= 0.6 is 0 Å². The Labute approximate surface area is 60.7 Å². The molecule has 1 heterocycles. The van der Waals surface area contributed by atoms with Crippen LogP contribution in [-0.4, -0.2) is 24.4 Å². The van der Waals surface area contributed by atoms with Crippen LogP contribution in [0.1, 0.15) is 30.1 Å². The third-order valence-electron chi connectivity index (χ3n) is 0.760. The first kappa shape index (κ1) is 1.31. The van der Waals surface area contributed by atoms with Gasteiger partial charge >= 0.3 is 0 Å². The quantitative estimate of drug-likeness (QED) is 0.460. The van der Waals surface area contributed by atoms with Crippen LogP contribution in [0.15, 0.2) is 0 Å². The highest BCUT2D eigenvalue weighted by molar-refractivity contribution is 5.76. The number of piperidine rings is 1. The zero-order valence-corrected chi connectivity index (χ0v) is 4.36. The Balaban J connectivity index is 3.48. The Morgan fingerprint density at radius 1 is 1.75 bits per heavy atom. The molecule has 1 amide bonds. The van der Waals surface area contributed by atoms with E-state index in [9.17, 15) is 4.79 Å². The fraction of sp³-hybridized carbons (Fsp3) is 0.833. The van der Waals surface area contributed by atoms with E-state index in [1.807, 2.05) is 0 Å². The van der Waals surface area contributed by atoms with Crippen molar-refractivity contribution in [2.24, 2.45) is 0 Å². The third kappa shape index (κ3) is 0.997. The predicted octanol–water partition coefficient (Wildman–Crippen LogP) is 0.629. The van der Waals surface area contributed by atoms with Gasteiger partial charge in [0.05, 0.1) is 0 Å². The zero-order chi connectivity index (χ0) is 13.2. The summed E-state index contributed by atoms with van der Waals surface area (Å²) in [6.07, 6.45) is -9.49. The highest BCUT2D eigenvalue weighted by Crippen LogP contribution is 2.06. The van der Waals surface area contributed by atoms with Gasteiger partial charge in [-0.05, 0) is 12.7 Å². The van der Waals surface area contributed by atoms with E-state index in [-0.39, 0.29) is 4.90 Å². The van der Waals surface area contributed by atoms with Gasteiger partial charge in [0.15, 0.2) is 0 Å².